The minimum absolute atomic E-state index is 0.241. The summed E-state index contributed by atoms with van der Waals surface area (Å²) in [6.07, 6.45) is 2.33. The Morgan fingerprint density at radius 1 is 0.879 bits per heavy atom. The molecule has 0 radical (unpaired) electrons. The average Bonchev–Trinajstić information content (AvgIpc) is 2.76. The van der Waals surface area contributed by atoms with Crippen molar-refractivity contribution in [2.45, 2.75) is 77.2 Å². The second-order valence-electron chi connectivity index (χ2n) is 9.20. The Kier molecular flexibility index (Phi) is 8.56. The third-order valence-electron chi connectivity index (χ3n) is 7.07. The zero-order chi connectivity index (χ0) is 24.2. The Morgan fingerprint density at radius 3 is 1.88 bits per heavy atom. The predicted octanol–water partition coefficient (Wildman–Crippen LogP) is 8.76. The van der Waals surface area contributed by atoms with Crippen LogP contribution in [0.15, 0.2) is 24.2 Å². The summed E-state index contributed by atoms with van der Waals surface area (Å²) in [5.74, 6) is -4.93. The summed E-state index contributed by atoms with van der Waals surface area (Å²) < 4.78 is 103. The Balaban J connectivity index is 1.57. The zero-order valence-corrected chi connectivity index (χ0v) is 18.5. The fourth-order valence-corrected chi connectivity index (χ4v) is 5.34. The Hall–Kier alpha value is -1.93. The van der Waals surface area contributed by atoms with Gasteiger partial charge in [-0.2, -0.15) is 22.0 Å². The molecule has 186 valence electrons. The van der Waals surface area contributed by atoms with Crippen molar-refractivity contribution in [1.82, 2.24) is 0 Å². The Morgan fingerprint density at radius 2 is 1.39 bits per heavy atom. The minimum atomic E-state index is -3.67. The highest BCUT2D eigenvalue weighted by Crippen LogP contribution is 2.46. The lowest BCUT2D eigenvalue weighted by Gasteiger charge is -2.39. The highest BCUT2D eigenvalue weighted by Gasteiger charge is 2.45. The summed E-state index contributed by atoms with van der Waals surface area (Å²) in [6.45, 7) is 2.19. The first-order valence-corrected chi connectivity index (χ1v) is 11.5. The predicted molar refractivity (Wildman–Crippen MR) is 109 cm³/mol. The van der Waals surface area contributed by atoms with Crippen LogP contribution in [0.5, 0.6) is 11.5 Å². The number of benzene rings is 1. The first kappa shape index (κ1) is 25.7. The van der Waals surface area contributed by atoms with Crippen molar-refractivity contribution in [3.63, 3.8) is 0 Å². The standard InChI is InChI=1S/C24H29F7O2/c1-2-3-14-4-6-15(7-5-14)16-8-10-17(11-9-16)24(30,31)33-18-12-19(25)21(20(26)13-18)32-23(29)22(27)28/h12-17H,2-11H2,1H3. The summed E-state index contributed by atoms with van der Waals surface area (Å²) in [4.78, 5) is 0. The van der Waals surface area contributed by atoms with Gasteiger partial charge in [0.1, 0.15) is 5.75 Å². The molecular weight excluding hydrogens is 453 g/mol. The Bertz CT molecular complexity index is 799. The molecule has 1 aromatic carbocycles. The van der Waals surface area contributed by atoms with E-state index in [9.17, 15) is 30.7 Å². The molecular formula is C24H29F7O2. The summed E-state index contributed by atoms with van der Waals surface area (Å²) in [6, 6.07) is -1.77. The van der Waals surface area contributed by atoms with Gasteiger partial charge in [-0.05, 0) is 56.3 Å². The molecule has 2 saturated carbocycles. The third kappa shape index (κ3) is 6.57. The number of ether oxygens (including phenoxy) is 2. The molecule has 0 N–H and O–H groups in total. The molecule has 2 nitrogen and oxygen atoms in total. The van der Waals surface area contributed by atoms with Crippen molar-refractivity contribution in [2.24, 2.45) is 23.7 Å². The number of hydrogen-bond acceptors (Lipinski definition) is 2. The molecule has 0 spiro atoms. The van der Waals surface area contributed by atoms with Gasteiger partial charge < -0.3 is 9.47 Å². The summed E-state index contributed by atoms with van der Waals surface area (Å²) >= 11 is 0. The van der Waals surface area contributed by atoms with Crippen LogP contribution in [0.2, 0.25) is 0 Å². The van der Waals surface area contributed by atoms with Crippen molar-refractivity contribution < 1.29 is 40.2 Å². The quantitative estimate of drug-likeness (QED) is 0.272. The van der Waals surface area contributed by atoms with Crippen LogP contribution in [0.3, 0.4) is 0 Å². The van der Waals surface area contributed by atoms with Crippen LogP contribution in [0.1, 0.15) is 71.1 Å². The van der Waals surface area contributed by atoms with E-state index in [0.717, 1.165) is 18.8 Å². The van der Waals surface area contributed by atoms with Gasteiger partial charge in [-0.3, -0.25) is 0 Å². The van der Waals surface area contributed by atoms with E-state index in [0.29, 0.717) is 36.8 Å². The van der Waals surface area contributed by atoms with E-state index < -0.39 is 47.3 Å². The maximum Gasteiger partial charge on any atom is 0.400 e. The molecule has 0 aliphatic heterocycles. The summed E-state index contributed by atoms with van der Waals surface area (Å²) in [5, 5.41) is 0. The van der Waals surface area contributed by atoms with E-state index in [1.807, 2.05) is 0 Å². The van der Waals surface area contributed by atoms with E-state index in [4.69, 9.17) is 0 Å². The van der Waals surface area contributed by atoms with Crippen LogP contribution in [0.25, 0.3) is 0 Å². The van der Waals surface area contributed by atoms with Crippen LogP contribution < -0.4 is 9.47 Å². The van der Waals surface area contributed by atoms with Crippen LogP contribution in [0, 0.1) is 35.3 Å². The molecule has 2 aliphatic carbocycles. The van der Waals surface area contributed by atoms with Gasteiger partial charge in [0.25, 0.3) is 0 Å². The molecule has 0 heterocycles. The molecule has 1 aromatic rings. The van der Waals surface area contributed by atoms with Crippen LogP contribution in [-0.2, 0) is 0 Å². The molecule has 2 aliphatic rings. The van der Waals surface area contributed by atoms with Gasteiger partial charge in [-0.1, -0.05) is 32.6 Å². The maximum atomic E-state index is 14.7. The molecule has 33 heavy (non-hydrogen) atoms. The second-order valence-corrected chi connectivity index (χ2v) is 9.20. The first-order chi connectivity index (χ1) is 15.6. The summed E-state index contributed by atoms with van der Waals surface area (Å²) in [5.41, 5.74) is 0. The van der Waals surface area contributed by atoms with Crippen molar-refractivity contribution >= 4 is 0 Å². The average molecular weight is 482 g/mol. The van der Waals surface area contributed by atoms with E-state index in [1.54, 1.807) is 0 Å². The lowest BCUT2D eigenvalue weighted by atomic mass is 9.68. The highest BCUT2D eigenvalue weighted by molar-refractivity contribution is 5.36. The lowest BCUT2D eigenvalue weighted by molar-refractivity contribution is -0.224. The van der Waals surface area contributed by atoms with Crippen LogP contribution in [0.4, 0.5) is 30.7 Å². The number of rotatable bonds is 8. The van der Waals surface area contributed by atoms with E-state index >= 15 is 0 Å². The number of halogens is 7. The Labute approximate surface area is 189 Å². The number of alkyl halides is 2. The molecule has 0 unspecified atom stereocenters. The molecule has 0 aromatic heterocycles. The largest absolute Gasteiger partial charge is 0.432 e. The molecule has 0 saturated heterocycles. The van der Waals surface area contributed by atoms with E-state index in [2.05, 4.69) is 16.4 Å². The van der Waals surface area contributed by atoms with Gasteiger partial charge in [0.15, 0.2) is 11.6 Å². The highest BCUT2D eigenvalue weighted by atomic mass is 19.3. The topological polar surface area (TPSA) is 18.5 Å². The summed E-state index contributed by atoms with van der Waals surface area (Å²) in [7, 11) is 0. The SMILES string of the molecule is CCCC1CCC(C2CCC(C(F)(F)Oc3cc(F)c(OC(F)=C(F)F)c(F)c3)CC2)CC1. The smallest absolute Gasteiger partial charge is 0.400 e. The van der Waals surface area contributed by atoms with E-state index in [-0.39, 0.29) is 12.8 Å². The van der Waals surface area contributed by atoms with Gasteiger partial charge in [0, 0.05) is 12.1 Å². The first-order valence-electron chi connectivity index (χ1n) is 11.5. The fraction of sp³-hybridized carbons (Fsp3) is 0.667. The molecule has 9 heteroatoms. The lowest BCUT2D eigenvalue weighted by Crippen LogP contribution is -2.38. The number of hydrogen-bond donors (Lipinski definition) is 0. The minimum Gasteiger partial charge on any atom is -0.432 e. The second kappa shape index (κ2) is 11.0. The normalized spacial score (nSPS) is 26.1. The van der Waals surface area contributed by atoms with Crippen LogP contribution in [-0.4, -0.2) is 6.11 Å². The van der Waals surface area contributed by atoms with Crippen molar-refractivity contribution in [2.75, 3.05) is 0 Å². The molecule has 0 atom stereocenters. The molecule has 2 fully saturated rings. The van der Waals surface area contributed by atoms with E-state index in [1.165, 1.54) is 25.7 Å². The van der Waals surface area contributed by atoms with Crippen molar-refractivity contribution in [3.05, 3.63) is 35.9 Å². The third-order valence-corrected chi connectivity index (χ3v) is 7.07. The van der Waals surface area contributed by atoms with Gasteiger partial charge in [0.2, 0.25) is 5.75 Å². The molecule has 3 rings (SSSR count). The fourth-order valence-electron chi connectivity index (χ4n) is 5.34. The van der Waals surface area contributed by atoms with Crippen LogP contribution >= 0.6 is 0 Å². The maximum absolute atomic E-state index is 14.7. The van der Waals surface area contributed by atoms with Crippen molar-refractivity contribution in [1.29, 1.82) is 0 Å². The van der Waals surface area contributed by atoms with Gasteiger partial charge in [-0.15, -0.1) is 0 Å². The van der Waals surface area contributed by atoms with Gasteiger partial charge in [-0.25, -0.2) is 8.78 Å². The molecule has 0 bridgehead atoms. The van der Waals surface area contributed by atoms with Gasteiger partial charge in [0.05, 0.1) is 5.92 Å². The van der Waals surface area contributed by atoms with Gasteiger partial charge >= 0.3 is 18.2 Å². The molecule has 0 amide bonds. The monoisotopic (exact) mass is 482 g/mol. The zero-order valence-electron chi connectivity index (χ0n) is 18.5. The van der Waals surface area contributed by atoms with Crippen molar-refractivity contribution in [3.8, 4) is 11.5 Å².